The Balaban J connectivity index is 3.58. The van der Waals surface area contributed by atoms with Crippen LogP contribution in [0.3, 0.4) is 0 Å². The fraction of sp³-hybridized carbons (Fsp3) is 0.889. The van der Waals surface area contributed by atoms with Gasteiger partial charge in [-0.2, -0.15) is 0 Å². The maximum atomic E-state index is 10.2. The van der Waals surface area contributed by atoms with Crippen molar-refractivity contribution >= 4 is 5.97 Å². The molecule has 0 spiro atoms. The molecule has 0 aliphatic carbocycles. The van der Waals surface area contributed by atoms with E-state index in [0.717, 1.165) is 0 Å². The highest BCUT2D eigenvalue weighted by Gasteiger charge is 2.16. The highest BCUT2D eigenvalue weighted by Crippen LogP contribution is 2.04. The molecule has 14 heavy (non-hydrogen) atoms. The van der Waals surface area contributed by atoms with E-state index >= 15 is 0 Å². The zero-order chi connectivity index (χ0) is 11.2. The lowest BCUT2D eigenvalue weighted by Gasteiger charge is -2.23. The first kappa shape index (κ1) is 13.4. The monoisotopic (exact) mass is 205 g/mol. The summed E-state index contributed by atoms with van der Waals surface area (Å²) in [5.74, 6) is -0.995. The summed E-state index contributed by atoms with van der Waals surface area (Å²) in [4.78, 5) is 10.2. The van der Waals surface area contributed by atoms with Crippen LogP contribution < -0.4 is 5.32 Å². The summed E-state index contributed by atoms with van der Waals surface area (Å²) in [6.45, 7) is 4.65. The molecule has 0 aliphatic heterocycles. The minimum Gasteiger partial charge on any atom is -0.481 e. The van der Waals surface area contributed by atoms with Crippen molar-refractivity contribution in [1.82, 2.24) is 5.32 Å². The molecule has 0 aliphatic rings. The minimum absolute atomic E-state index is 0.236. The third-order valence-electron chi connectivity index (χ3n) is 1.89. The summed E-state index contributed by atoms with van der Waals surface area (Å²) >= 11 is 0. The molecule has 5 nitrogen and oxygen atoms in total. The standard InChI is InChI=1S/C9H19NO4/c1-9(2,14-3)6-10-5-7(11)4-8(12)13/h7,10-11H,4-6H2,1-3H3,(H,12,13). The molecule has 3 N–H and O–H groups in total. The number of ether oxygens (including phenoxy) is 1. The molecule has 0 saturated carbocycles. The van der Waals surface area contributed by atoms with E-state index < -0.39 is 12.1 Å². The van der Waals surface area contributed by atoms with Gasteiger partial charge in [0.15, 0.2) is 0 Å². The van der Waals surface area contributed by atoms with Gasteiger partial charge in [0.05, 0.1) is 18.1 Å². The Morgan fingerprint density at radius 1 is 1.57 bits per heavy atom. The summed E-state index contributed by atoms with van der Waals surface area (Å²) < 4.78 is 5.14. The smallest absolute Gasteiger partial charge is 0.306 e. The molecule has 0 radical (unpaired) electrons. The first-order valence-corrected chi connectivity index (χ1v) is 4.53. The molecule has 0 heterocycles. The number of hydrogen-bond donors (Lipinski definition) is 3. The van der Waals surface area contributed by atoms with Gasteiger partial charge in [0.2, 0.25) is 0 Å². The number of aliphatic carboxylic acids is 1. The van der Waals surface area contributed by atoms with E-state index in [1.807, 2.05) is 13.8 Å². The van der Waals surface area contributed by atoms with Crippen LogP contribution in [0.5, 0.6) is 0 Å². The summed E-state index contributed by atoms with van der Waals surface area (Å²) in [7, 11) is 1.61. The van der Waals surface area contributed by atoms with E-state index in [9.17, 15) is 9.90 Å². The highest BCUT2D eigenvalue weighted by molar-refractivity contribution is 5.67. The molecule has 0 rings (SSSR count). The normalized spacial score (nSPS) is 14.0. The van der Waals surface area contributed by atoms with Crippen LogP contribution in [0.1, 0.15) is 20.3 Å². The number of methoxy groups -OCH3 is 1. The summed E-state index contributed by atoms with van der Waals surface area (Å²) in [6.07, 6.45) is -1.08. The van der Waals surface area contributed by atoms with Crippen LogP contribution in [0.15, 0.2) is 0 Å². The van der Waals surface area contributed by atoms with Gasteiger partial charge >= 0.3 is 5.97 Å². The Hall–Kier alpha value is -0.650. The van der Waals surface area contributed by atoms with Crippen LogP contribution >= 0.6 is 0 Å². The molecule has 0 aromatic heterocycles. The fourth-order valence-electron chi connectivity index (χ4n) is 0.886. The van der Waals surface area contributed by atoms with E-state index in [4.69, 9.17) is 9.84 Å². The maximum Gasteiger partial charge on any atom is 0.306 e. The Morgan fingerprint density at radius 3 is 2.57 bits per heavy atom. The quantitative estimate of drug-likeness (QED) is 0.538. The number of hydrogen-bond acceptors (Lipinski definition) is 4. The molecule has 0 aromatic rings. The number of aliphatic hydroxyl groups excluding tert-OH is 1. The molecule has 0 amide bonds. The van der Waals surface area contributed by atoms with Crippen LogP contribution in [-0.4, -0.2) is 48.1 Å². The predicted octanol–water partition coefficient (Wildman–Crippen LogP) is -0.163. The van der Waals surface area contributed by atoms with Gasteiger partial charge in [-0.1, -0.05) is 0 Å². The van der Waals surface area contributed by atoms with Gasteiger partial charge < -0.3 is 20.3 Å². The van der Waals surface area contributed by atoms with Crippen molar-refractivity contribution in [3.63, 3.8) is 0 Å². The number of carboxylic acid groups (broad SMARTS) is 1. The summed E-state index contributed by atoms with van der Waals surface area (Å²) in [6, 6.07) is 0. The van der Waals surface area contributed by atoms with Gasteiger partial charge in [-0.25, -0.2) is 0 Å². The average Bonchev–Trinajstić information content (AvgIpc) is 2.02. The first-order chi connectivity index (χ1) is 6.37. The van der Waals surface area contributed by atoms with Gasteiger partial charge in [0, 0.05) is 20.2 Å². The second-order valence-corrected chi connectivity index (χ2v) is 3.85. The van der Waals surface area contributed by atoms with E-state index in [1.54, 1.807) is 7.11 Å². The van der Waals surface area contributed by atoms with E-state index in [-0.39, 0.29) is 18.6 Å². The Kier molecular flexibility index (Phi) is 5.68. The molecule has 1 unspecified atom stereocenters. The molecule has 0 fully saturated rings. The number of nitrogens with one attached hydrogen (secondary N) is 1. The third kappa shape index (κ3) is 6.82. The van der Waals surface area contributed by atoms with Crippen LogP contribution in [0.25, 0.3) is 0 Å². The zero-order valence-electron chi connectivity index (χ0n) is 8.91. The van der Waals surface area contributed by atoms with Crippen molar-refractivity contribution in [2.75, 3.05) is 20.2 Å². The predicted molar refractivity (Wildman–Crippen MR) is 52.2 cm³/mol. The molecule has 1 atom stereocenters. The van der Waals surface area contributed by atoms with Gasteiger partial charge in [-0.15, -0.1) is 0 Å². The Labute approximate surface area is 84.1 Å². The van der Waals surface area contributed by atoms with Crippen molar-refractivity contribution in [1.29, 1.82) is 0 Å². The van der Waals surface area contributed by atoms with E-state index in [2.05, 4.69) is 5.32 Å². The maximum absolute atomic E-state index is 10.2. The Morgan fingerprint density at radius 2 is 2.14 bits per heavy atom. The van der Waals surface area contributed by atoms with Crippen LogP contribution in [0, 0.1) is 0 Å². The number of rotatable bonds is 7. The summed E-state index contributed by atoms with van der Waals surface area (Å²) in [5, 5.41) is 20.5. The number of carboxylic acids is 1. The third-order valence-corrected chi connectivity index (χ3v) is 1.89. The lowest BCUT2D eigenvalue weighted by Crippen LogP contribution is -2.40. The highest BCUT2D eigenvalue weighted by atomic mass is 16.5. The fourth-order valence-corrected chi connectivity index (χ4v) is 0.886. The lowest BCUT2D eigenvalue weighted by molar-refractivity contribution is -0.139. The van der Waals surface area contributed by atoms with Crippen molar-refractivity contribution < 1.29 is 19.7 Å². The largest absolute Gasteiger partial charge is 0.481 e. The average molecular weight is 205 g/mol. The lowest BCUT2D eigenvalue weighted by atomic mass is 10.1. The van der Waals surface area contributed by atoms with Gasteiger partial charge in [-0.05, 0) is 13.8 Å². The second-order valence-electron chi connectivity index (χ2n) is 3.85. The van der Waals surface area contributed by atoms with E-state index in [0.29, 0.717) is 6.54 Å². The minimum atomic E-state index is -0.995. The number of aliphatic hydroxyl groups is 1. The van der Waals surface area contributed by atoms with Crippen molar-refractivity contribution in [2.24, 2.45) is 0 Å². The molecule has 0 aromatic carbocycles. The molecular formula is C9H19NO4. The first-order valence-electron chi connectivity index (χ1n) is 4.53. The van der Waals surface area contributed by atoms with Crippen molar-refractivity contribution in [3.8, 4) is 0 Å². The molecule has 0 saturated heterocycles. The van der Waals surface area contributed by atoms with Crippen LogP contribution in [-0.2, 0) is 9.53 Å². The van der Waals surface area contributed by atoms with Gasteiger partial charge in [-0.3, -0.25) is 4.79 Å². The van der Waals surface area contributed by atoms with Crippen molar-refractivity contribution in [3.05, 3.63) is 0 Å². The van der Waals surface area contributed by atoms with Gasteiger partial charge in [0.25, 0.3) is 0 Å². The molecule has 5 heteroatoms. The van der Waals surface area contributed by atoms with Gasteiger partial charge in [0.1, 0.15) is 0 Å². The Bertz CT molecular complexity index is 182. The molecular weight excluding hydrogens is 186 g/mol. The molecule has 0 bridgehead atoms. The van der Waals surface area contributed by atoms with Crippen LogP contribution in [0.2, 0.25) is 0 Å². The van der Waals surface area contributed by atoms with E-state index in [1.165, 1.54) is 0 Å². The topological polar surface area (TPSA) is 78.8 Å². The zero-order valence-corrected chi connectivity index (χ0v) is 8.91. The second kappa shape index (κ2) is 5.95. The molecule has 84 valence electrons. The SMILES string of the molecule is COC(C)(C)CNCC(O)CC(=O)O. The van der Waals surface area contributed by atoms with Crippen molar-refractivity contribution in [2.45, 2.75) is 32.0 Å². The van der Waals surface area contributed by atoms with Crippen LogP contribution in [0.4, 0.5) is 0 Å². The number of carbonyl (C=O) groups is 1. The summed E-state index contributed by atoms with van der Waals surface area (Å²) in [5.41, 5.74) is -0.303.